The van der Waals surface area contributed by atoms with E-state index in [2.05, 4.69) is 20.2 Å². The molecule has 7 nitrogen and oxygen atoms in total. The predicted molar refractivity (Wildman–Crippen MR) is 139 cm³/mol. The van der Waals surface area contributed by atoms with Gasteiger partial charge in [-0.1, -0.05) is 48.2 Å². The summed E-state index contributed by atoms with van der Waals surface area (Å²) in [6.45, 7) is 1.49. The monoisotopic (exact) mass is 485 g/mol. The van der Waals surface area contributed by atoms with Gasteiger partial charge in [-0.3, -0.25) is 14.5 Å². The Labute approximate surface area is 208 Å². The molecule has 0 saturated carbocycles. The number of primary amides is 1. The zero-order chi connectivity index (χ0) is 24.2. The summed E-state index contributed by atoms with van der Waals surface area (Å²) < 4.78 is 0. The number of rotatable bonds is 8. The van der Waals surface area contributed by atoms with Crippen molar-refractivity contribution in [3.8, 4) is 0 Å². The van der Waals surface area contributed by atoms with E-state index in [1.165, 1.54) is 0 Å². The molecule has 8 heteroatoms. The molecule has 1 atom stereocenters. The van der Waals surface area contributed by atoms with Crippen molar-refractivity contribution in [2.24, 2.45) is 5.73 Å². The maximum absolute atomic E-state index is 12.8. The zero-order valence-corrected chi connectivity index (χ0v) is 20.1. The van der Waals surface area contributed by atoms with Crippen LogP contribution in [-0.2, 0) is 17.1 Å². The second kappa shape index (κ2) is 10.3. The van der Waals surface area contributed by atoms with Gasteiger partial charge in [0.15, 0.2) is 5.16 Å². The summed E-state index contributed by atoms with van der Waals surface area (Å²) in [6, 6.07) is 23.1. The average molecular weight is 486 g/mol. The summed E-state index contributed by atoms with van der Waals surface area (Å²) in [6.07, 6.45) is 1.77. The number of nitrogens with one attached hydrogen (secondary N) is 2. The van der Waals surface area contributed by atoms with Crippen molar-refractivity contribution in [1.82, 2.24) is 14.9 Å². The number of aromatic amines is 1. The lowest BCUT2D eigenvalue weighted by molar-refractivity contribution is -0.122. The molecule has 0 bridgehead atoms. The Bertz CT molecular complexity index is 1320. The SMILES string of the molecule is NC(=O)C1CCCN1Cc1cccc(NC(=O)c2ccc(CSc3nc4ccccc4[nH]3)cc2)c1. The van der Waals surface area contributed by atoms with Crippen molar-refractivity contribution in [2.45, 2.75) is 36.3 Å². The van der Waals surface area contributed by atoms with Crippen molar-refractivity contribution >= 4 is 40.3 Å². The molecule has 1 saturated heterocycles. The molecule has 4 N–H and O–H groups in total. The summed E-state index contributed by atoms with van der Waals surface area (Å²) in [4.78, 5) is 34.5. The first-order valence-corrected chi connectivity index (χ1v) is 12.6. The lowest BCUT2D eigenvalue weighted by Crippen LogP contribution is -2.39. The molecular weight excluding hydrogens is 458 g/mol. The first kappa shape index (κ1) is 23.1. The number of hydrogen-bond acceptors (Lipinski definition) is 5. The van der Waals surface area contributed by atoms with E-state index >= 15 is 0 Å². The highest BCUT2D eigenvalue weighted by molar-refractivity contribution is 7.98. The smallest absolute Gasteiger partial charge is 0.255 e. The number of H-pyrrole nitrogens is 1. The van der Waals surface area contributed by atoms with E-state index < -0.39 is 0 Å². The van der Waals surface area contributed by atoms with Crippen molar-refractivity contribution in [3.05, 3.63) is 89.5 Å². The lowest BCUT2D eigenvalue weighted by atomic mass is 10.1. The normalized spacial score (nSPS) is 15.9. The molecule has 1 aliphatic rings. The number of thioether (sulfide) groups is 1. The number of amides is 2. The van der Waals surface area contributed by atoms with Gasteiger partial charge in [-0.25, -0.2) is 4.98 Å². The molecule has 3 aromatic carbocycles. The number of nitrogens with zero attached hydrogens (tertiary/aromatic N) is 2. The number of carbonyl (C=O) groups is 2. The zero-order valence-electron chi connectivity index (χ0n) is 19.2. The van der Waals surface area contributed by atoms with Crippen molar-refractivity contribution < 1.29 is 9.59 Å². The van der Waals surface area contributed by atoms with Gasteiger partial charge in [0.2, 0.25) is 5.91 Å². The number of benzene rings is 3. The van der Waals surface area contributed by atoms with Gasteiger partial charge in [0.05, 0.1) is 17.1 Å². The van der Waals surface area contributed by atoms with E-state index in [1.54, 1.807) is 11.8 Å². The Kier molecular flexibility index (Phi) is 6.83. The third-order valence-corrected chi connectivity index (χ3v) is 7.17. The molecule has 2 amide bonds. The van der Waals surface area contributed by atoms with Gasteiger partial charge >= 0.3 is 0 Å². The first-order valence-electron chi connectivity index (χ1n) is 11.7. The van der Waals surface area contributed by atoms with E-state index in [4.69, 9.17) is 5.73 Å². The Morgan fingerprint density at radius 3 is 2.69 bits per heavy atom. The second-order valence-electron chi connectivity index (χ2n) is 8.73. The van der Waals surface area contributed by atoms with Crippen molar-refractivity contribution in [2.75, 3.05) is 11.9 Å². The number of carbonyl (C=O) groups excluding carboxylic acids is 2. The third-order valence-electron chi connectivity index (χ3n) is 6.22. The molecule has 0 spiro atoms. The molecule has 2 heterocycles. The van der Waals surface area contributed by atoms with E-state index in [9.17, 15) is 9.59 Å². The average Bonchev–Trinajstić information content (AvgIpc) is 3.50. The first-order chi connectivity index (χ1) is 17.0. The Hall–Kier alpha value is -3.62. The number of nitrogens with two attached hydrogens (primary N) is 1. The fourth-order valence-electron chi connectivity index (χ4n) is 4.42. The molecule has 0 aliphatic carbocycles. The van der Waals surface area contributed by atoms with Gasteiger partial charge in [-0.15, -0.1) is 0 Å². The molecule has 5 rings (SSSR count). The molecule has 4 aromatic rings. The highest BCUT2D eigenvalue weighted by Crippen LogP contribution is 2.24. The van der Waals surface area contributed by atoms with Crippen molar-refractivity contribution in [1.29, 1.82) is 0 Å². The highest BCUT2D eigenvalue weighted by Gasteiger charge is 2.28. The van der Waals surface area contributed by atoms with Gasteiger partial charge < -0.3 is 16.0 Å². The summed E-state index contributed by atoms with van der Waals surface area (Å²) in [5.41, 5.74) is 11.0. The van der Waals surface area contributed by atoms with Crippen LogP contribution in [0.2, 0.25) is 0 Å². The fourth-order valence-corrected chi connectivity index (χ4v) is 5.27. The number of fused-ring (bicyclic) bond motifs is 1. The fraction of sp³-hybridized carbons (Fsp3) is 0.222. The van der Waals surface area contributed by atoms with E-state index in [0.717, 1.165) is 58.1 Å². The number of likely N-dealkylation sites (tertiary alicyclic amines) is 1. The minimum Gasteiger partial charge on any atom is -0.368 e. The topological polar surface area (TPSA) is 104 Å². The number of imidazole rings is 1. The summed E-state index contributed by atoms with van der Waals surface area (Å²) in [5, 5.41) is 3.86. The van der Waals surface area contributed by atoms with Gasteiger partial charge in [0.25, 0.3) is 5.91 Å². The molecule has 35 heavy (non-hydrogen) atoms. The van der Waals surface area contributed by atoms with E-state index in [1.807, 2.05) is 72.8 Å². The Balaban J connectivity index is 1.17. The van der Waals surface area contributed by atoms with Crippen LogP contribution in [0.5, 0.6) is 0 Å². The maximum Gasteiger partial charge on any atom is 0.255 e. The van der Waals surface area contributed by atoms with Crippen LogP contribution in [0.3, 0.4) is 0 Å². The van der Waals surface area contributed by atoms with Crippen LogP contribution in [0.1, 0.15) is 34.3 Å². The van der Waals surface area contributed by atoms with Gasteiger partial charge in [-0.05, 0) is 66.9 Å². The predicted octanol–water partition coefficient (Wildman–Crippen LogP) is 4.56. The van der Waals surface area contributed by atoms with Crippen LogP contribution in [0.15, 0.2) is 78.0 Å². The van der Waals surface area contributed by atoms with E-state index in [0.29, 0.717) is 12.1 Å². The van der Waals surface area contributed by atoms with E-state index in [-0.39, 0.29) is 17.9 Å². The molecule has 1 aromatic heterocycles. The Morgan fingerprint density at radius 2 is 1.89 bits per heavy atom. The van der Waals surface area contributed by atoms with Crippen molar-refractivity contribution in [3.63, 3.8) is 0 Å². The number of para-hydroxylation sites is 2. The minimum atomic E-state index is -0.272. The van der Waals surface area contributed by atoms with Crippen LogP contribution in [0.25, 0.3) is 11.0 Å². The van der Waals surface area contributed by atoms with Gasteiger partial charge in [0, 0.05) is 23.5 Å². The summed E-state index contributed by atoms with van der Waals surface area (Å²) in [7, 11) is 0. The molecule has 1 unspecified atom stereocenters. The van der Waals surface area contributed by atoms with Crippen LogP contribution < -0.4 is 11.1 Å². The molecular formula is C27H27N5O2S. The van der Waals surface area contributed by atoms with Crippen LogP contribution in [0, 0.1) is 0 Å². The van der Waals surface area contributed by atoms with Gasteiger partial charge in [-0.2, -0.15) is 0 Å². The summed E-state index contributed by atoms with van der Waals surface area (Å²) >= 11 is 1.63. The second-order valence-corrected chi connectivity index (χ2v) is 9.69. The van der Waals surface area contributed by atoms with Crippen LogP contribution in [-0.4, -0.2) is 39.3 Å². The van der Waals surface area contributed by atoms with Crippen LogP contribution in [0.4, 0.5) is 5.69 Å². The quantitative estimate of drug-likeness (QED) is 0.318. The highest BCUT2D eigenvalue weighted by atomic mass is 32.2. The molecule has 1 aliphatic heterocycles. The minimum absolute atomic E-state index is 0.158. The van der Waals surface area contributed by atoms with Gasteiger partial charge in [0.1, 0.15) is 0 Å². The standard InChI is InChI=1S/C27H27N5O2S/c28-25(33)24-9-4-14-32(24)16-19-5-3-6-21(15-19)29-26(34)20-12-10-18(11-13-20)17-35-27-30-22-7-1-2-8-23(22)31-27/h1-3,5-8,10-13,15,24H,4,9,14,16-17H2,(H2,28,33)(H,29,34)(H,30,31). The molecule has 1 fully saturated rings. The number of anilines is 1. The largest absolute Gasteiger partial charge is 0.368 e. The Morgan fingerprint density at radius 1 is 1.06 bits per heavy atom. The summed E-state index contributed by atoms with van der Waals surface area (Å²) in [5.74, 6) is 0.327. The maximum atomic E-state index is 12.8. The number of hydrogen-bond donors (Lipinski definition) is 3. The molecule has 0 radical (unpaired) electrons. The lowest BCUT2D eigenvalue weighted by Gasteiger charge is -2.22. The van der Waals surface area contributed by atoms with Crippen LogP contribution >= 0.6 is 11.8 Å². The third kappa shape index (κ3) is 5.55. The molecule has 178 valence electrons. The number of aromatic nitrogens is 2.